The molecule has 1 rings (SSSR count). The summed E-state index contributed by atoms with van der Waals surface area (Å²) in [5, 5.41) is 10.3. The average molecular weight is 228 g/mol. The van der Waals surface area contributed by atoms with Crippen LogP contribution in [0.25, 0.3) is 0 Å². The first-order chi connectivity index (χ1) is 5.70. The largest absolute Gasteiger partial charge is 0.549 e. The van der Waals surface area contributed by atoms with Gasteiger partial charge < -0.3 is 9.90 Å². The number of carboxylic acid groups (broad SMARTS) is 1. The summed E-state index contributed by atoms with van der Waals surface area (Å²) in [5.74, 6) is -1.07. The van der Waals surface area contributed by atoms with Crippen molar-refractivity contribution < 1.29 is 9.90 Å². The van der Waals surface area contributed by atoms with E-state index >= 15 is 0 Å². The lowest BCUT2D eigenvalue weighted by molar-refractivity contribution is -0.304. The maximum Gasteiger partial charge on any atom is 0.0581 e. The number of hydrogen-bond donors (Lipinski definition) is 0. The van der Waals surface area contributed by atoms with Gasteiger partial charge in [0.15, 0.2) is 0 Å². The van der Waals surface area contributed by atoms with Crippen molar-refractivity contribution in [2.24, 2.45) is 0 Å². The molecule has 0 aromatic heterocycles. The Labute approximate surface area is 79.3 Å². The lowest BCUT2D eigenvalue weighted by Crippen LogP contribution is -2.32. The van der Waals surface area contributed by atoms with Crippen LogP contribution in [0.2, 0.25) is 0 Å². The highest BCUT2D eigenvalue weighted by Crippen LogP contribution is 2.08. The molecule has 3 heteroatoms. The number of alkyl halides is 1. The monoisotopic (exact) mass is 227 g/mol. The Hall–Kier alpha value is -0.830. The zero-order valence-corrected chi connectivity index (χ0v) is 7.95. The maximum absolute atomic E-state index is 10.3. The number of aliphatic carboxylic acids is 1. The van der Waals surface area contributed by atoms with Gasteiger partial charge in [0, 0.05) is 0 Å². The average Bonchev–Trinajstić information content (AvgIpc) is 2.06. The molecule has 0 saturated heterocycles. The first-order valence-corrected chi connectivity index (χ1v) is 4.50. The van der Waals surface area contributed by atoms with Gasteiger partial charge in [-0.2, -0.15) is 0 Å². The van der Waals surface area contributed by atoms with Crippen LogP contribution in [-0.2, 0) is 11.2 Å². The molecule has 0 saturated carbocycles. The van der Waals surface area contributed by atoms with Gasteiger partial charge >= 0.3 is 0 Å². The number of carboxylic acids is 1. The standard InChI is InChI=1S/C9H9BrO2/c10-8(9(11)12)6-7-4-2-1-3-5-7/h1-5,8H,6H2,(H,11,12)/p-1/t8-/m1/s1. The molecule has 0 amide bonds. The van der Waals surface area contributed by atoms with E-state index in [1.807, 2.05) is 30.3 Å². The van der Waals surface area contributed by atoms with Crippen LogP contribution in [0.15, 0.2) is 30.3 Å². The third kappa shape index (κ3) is 2.66. The van der Waals surface area contributed by atoms with E-state index in [1.165, 1.54) is 0 Å². The van der Waals surface area contributed by atoms with E-state index in [4.69, 9.17) is 0 Å². The van der Waals surface area contributed by atoms with E-state index in [1.54, 1.807) is 0 Å². The van der Waals surface area contributed by atoms with Crippen molar-refractivity contribution >= 4 is 21.9 Å². The summed E-state index contributed by atoms with van der Waals surface area (Å²) in [6.07, 6.45) is 0.461. The molecule has 0 heterocycles. The van der Waals surface area contributed by atoms with Gasteiger partial charge in [-0.15, -0.1) is 0 Å². The van der Waals surface area contributed by atoms with Gasteiger partial charge in [0.05, 0.1) is 10.8 Å². The molecule has 0 spiro atoms. The minimum atomic E-state index is -1.07. The van der Waals surface area contributed by atoms with Crippen LogP contribution in [0.5, 0.6) is 0 Å². The highest BCUT2D eigenvalue weighted by Gasteiger charge is 2.04. The van der Waals surface area contributed by atoms with Crippen molar-refractivity contribution in [1.82, 2.24) is 0 Å². The molecule has 0 aliphatic carbocycles. The number of carbonyl (C=O) groups is 1. The molecule has 0 aliphatic heterocycles. The second-order valence-electron chi connectivity index (χ2n) is 2.48. The molecule has 1 atom stereocenters. The van der Waals surface area contributed by atoms with Crippen LogP contribution in [0.1, 0.15) is 5.56 Å². The summed E-state index contributed by atoms with van der Waals surface area (Å²) in [6, 6.07) is 9.43. The molecule has 0 unspecified atom stereocenters. The lowest BCUT2D eigenvalue weighted by Gasteiger charge is -2.09. The predicted octanol–water partition coefficient (Wildman–Crippen LogP) is 0.743. The highest BCUT2D eigenvalue weighted by molar-refractivity contribution is 9.10. The Morgan fingerprint density at radius 1 is 1.42 bits per heavy atom. The topological polar surface area (TPSA) is 40.1 Å². The summed E-state index contributed by atoms with van der Waals surface area (Å²) in [5.41, 5.74) is 0.989. The SMILES string of the molecule is O=C([O-])[C@H](Br)Cc1ccccc1. The van der Waals surface area contributed by atoms with Gasteiger partial charge in [0.1, 0.15) is 0 Å². The minimum absolute atomic E-state index is 0.461. The quantitative estimate of drug-likeness (QED) is 0.716. The van der Waals surface area contributed by atoms with Crippen LogP contribution in [-0.4, -0.2) is 10.8 Å². The fourth-order valence-electron chi connectivity index (χ4n) is 0.904. The number of hydrogen-bond acceptors (Lipinski definition) is 2. The number of halogens is 1. The lowest BCUT2D eigenvalue weighted by atomic mass is 10.1. The Bertz CT molecular complexity index is 258. The molecule has 0 fully saturated rings. The third-order valence-electron chi connectivity index (χ3n) is 1.51. The zero-order valence-electron chi connectivity index (χ0n) is 6.37. The zero-order chi connectivity index (χ0) is 8.97. The number of rotatable bonds is 3. The molecule has 0 radical (unpaired) electrons. The van der Waals surface area contributed by atoms with Gasteiger partial charge in [-0.05, 0) is 12.0 Å². The van der Waals surface area contributed by atoms with Crippen molar-refractivity contribution in [1.29, 1.82) is 0 Å². The van der Waals surface area contributed by atoms with Crippen molar-refractivity contribution in [2.45, 2.75) is 11.2 Å². The van der Waals surface area contributed by atoms with Crippen LogP contribution in [0.4, 0.5) is 0 Å². The van der Waals surface area contributed by atoms with Crippen LogP contribution in [0.3, 0.4) is 0 Å². The Kier molecular flexibility index (Phi) is 3.29. The van der Waals surface area contributed by atoms with E-state index in [9.17, 15) is 9.90 Å². The molecule has 2 nitrogen and oxygen atoms in total. The van der Waals surface area contributed by atoms with Gasteiger partial charge in [0.25, 0.3) is 0 Å². The molecule has 1 aromatic rings. The summed E-state index contributed by atoms with van der Waals surface area (Å²) < 4.78 is 0. The first kappa shape index (κ1) is 9.26. The Balaban J connectivity index is 2.58. The van der Waals surface area contributed by atoms with Gasteiger partial charge in [-0.25, -0.2) is 0 Å². The van der Waals surface area contributed by atoms with Crippen molar-refractivity contribution in [3.63, 3.8) is 0 Å². The molecule has 0 aliphatic rings. The maximum atomic E-state index is 10.3. The van der Waals surface area contributed by atoms with Crippen molar-refractivity contribution in [2.75, 3.05) is 0 Å². The molecule has 64 valence electrons. The van der Waals surface area contributed by atoms with Crippen LogP contribution >= 0.6 is 15.9 Å². The molecule has 0 bridgehead atoms. The summed E-state index contributed by atoms with van der Waals surface area (Å²) in [7, 11) is 0. The Morgan fingerprint density at radius 3 is 2.50 bits per heavy atom. The molecule has 1 aromatic carbocycles. The van der Waals surface area contributed by atoms with E-state index in [0.717, 1.165) is 5.56 Å². The third-order valence-corrected chi connectivity index (χ3v) is 2.21. The second-order valence-corrected chi connectivity index (χ2v) is 3.58. The fraction of sp³-hybridized carbons (Fsp3) is 0.222. The van der Waals surface area contributed by atoms with E-state index in [2.05, 4.69) is 15.9 Å². The Morgan fingerprint density at radius 2 is 2.00 bits per heavy atom. The normalized spacial score (nSPS) is 12.4. The predicted molar refractivity (Wildman–Crippen MR) is 47.9 cm³/mol. The molecular formula is C9H8BrO2-. The minimum Gasteiger partial charge on any atom is -0.549 e. The van der Waals surface area contributed by atoms with E-state index in [-0.39, 0.29) is 0 Å². The molecule has 0 N–H and O–H groups in total. The fourth-order valence-corrected chi connectivity index (χ4v) is 1.28. The van der Waals surface area contributed by atoms with Gasteiger partial charge in [-0.1, -0.05) is 46.3 Å². The van der Waals surface area contributed by atoms with Crippen molar-refractivity contribution in [3.8, 4) is 0 Å². The van der Waals surface area contributed by atoms with Crippen LogP contribution < -0.4 is 5.11 Å². The highest BCUT2D eigenvalue weighted by atomic mass is 79.9. The van der Waals surface area contributed by atoms with E-state index < -0.39 is 10.8 Å². The van der Waals surface area contributed by atoms with Crippen LogP contribution in [0, 0.1) is 0 Å². The first-order valence-electron chi connectivity index (χ1n) is 3.59. The number of benzene rings is 1. The smallest absolute Gasteiger partial charge is 0.0581 e. The summed E-state index contributed by atoms with van der Waals surface area (Å²) in [4.78, 5) is 9.75. The van der Waals surface area contributed by atoms with Gasteiger partial charge in [0.2, 0.25) is 0 Å². The van der Waals surface area contributed by atoms with E-state index in [0.29, 0.717) is 6.42 Å². The molecule has 12 heavy (non-hydrogen) atoms. The van der Waals surface area contributed by atoms with Gasteiger partial charge in [-0.3, -0.25) is 0 Å². The summed E-state index contributed by atoms with van der Waals surface area (Å²) >= 11 is 3.02. The summed E-state index contributed by atoms with van der Waals surface area (Å²) in [6.45, 7) is 0. The second kappa shape index (κ2) is 4.26. The number of carbonyl (C=O) groups excluding carboxylic acids is 1. The molecular weight excluding hydrogens is 220 g/mol. The van der Waals surface area contributed by atoms with Crippen molar-refractivity contribution in [3.05, 3.63) is 35.9 Å².